The van der Waals surface area contributed by atoms with E-state index >= 15 is 0 Å². The molecular formula is C19H15NO4S. The highest BCUT2D eigenvalue weighted by Crippen LogP contribution is 2.37. The molecule has 0 unspecified atom stereocenters. The average Bonchev–Trinajstić information content (AvgIpc) is 3.11. The van der Waals surface area contributed by atoms with Crippen molar-refractivity contribution in [1.29, 1.82) is 0 Å². The first-order valence-electron chi connectivity index (χ1n) is 7.77. The van der Waals surface area contributed by atoms with Gasteiger partial charge in [-0.2, -0.15) is 0 Å². The first kappa shape index (κ1) is 15.8. The highest BCUT2D eigenvalue weighted by Gasteiger charge is 2.26. The summed E-state index contributed by atoms with van der Waals surface area (Å²) in [6.45, 7) is 0.443. The van der Waals surface area contributed by atoms with E-state index in [9.17, 15) is 9.59 Å². The largest absolute Gasteiger partial charge is 0.465 e. The van der Waals surface area contributed by atoms with Crippen molar-refractivity contribution in [2.45, 2.75) is 11.4 Å². The number of carbonyl (C=O) groups excluding carboxylic acids is 2. The van der Waals surface area contributed by atoms with Gasteiger partial charge < -0.3 is 14.1 Å². The fraction of sp³-hybridized carbons (Fsp3) is 0.158. The number of fused-ring (bicyclic) bond motifs is 2. The van der Waals surface area contributed by atoms with Crippen molar-refractivity contribution >= 4 is 40.3 Å². The lowest BCUT2D eigenvalue weighted by molar-refractivity contribution is -0.116. The van der Waals surface area contributed by atoms with Crippen molar-refractivity contribution in [2.75, 3.05) is 17.8 Å². The van der Waals surface area contributed by atoms with E-state index in [2.05, 4.69) is 0 Å². The average molecular weight is 353 g/mol. The second kappa shape index (κ2) is 6.29. The van der Waals surface area contributed by atoms with Crippen LogP contribution in [0.1, 0.15) is 15.9 Å². The highest BCUT2D eigenvalue weighted by molar-refractivity contribution is 8.00. The zero-order valence-corrected chi connectivity index (χ0v) is 14.3. The van der Waals surface area contributed by atoms with Crippen LogP contribution in [-0.4, -0.2) is 24.7 Å². The summed E-state index contributed by atoms with van der Waals surface area (Å²) in [7, 11) is 1.35. The molecule has 0 radical (unpaired) electrons. The maximum atomic E-state index is 12.5. The number of esters is 1. The lowest BCUT2D eigenvalue weighted by Crippen LogP contribution is -2.35. The Labute approximate surface area is 148 Å². The van der Waals surface area contributed by atoms with Gasteiger partial charge in [0.2, 0.25) is 5.91 Å². The van der Waals surface area contributed by atoms with Gasteiger partial charge in [-0.1, -0.05) is 6.07 Å². The van der Waals surface area contributed by atoms with Crippen LogP contribution >= 0.6 is 11.8 Å². The molecule has 0 spiro atoms. The number of anilines is 1. The van der Waals surface area contributed by atoms with Crippen LogP contribution in [0.25, 0.3) is 11.0 Å². The molecule has 126 valence electrons. The second-order valence-electron chi connectivity index (χ2n) is 5.74. The van der Waals surface area contributed by atoms with Crippen molar-refractivity contribution in [1.82, 2.24) is 0 Å². The molecule has 2 heterocycles. The maximum absolute atomic E-state index is 12.5. The highest BCUT2D eigenvalue weighted by atomic mass is 32.2. The van der Waals surface area contributed by atoms with Gasteiger partial charge >= 0.3 is 5.97 Å². The summed E-state index contributed by atoms with van der Waals surface area (Å²) in [5.74, 6) is -0.00387. The van der Waals surface area contributed by atoms with Crippen molar-refractivity contribution in [2.24, 2.45) is 0 Å². The van der Waals surface area contributed by atoms with Crippen molar-refractivity contribution < 1.29 is 18.7 Å². The molecule has 0 saturated carbocycles. The zero-order chi connectivity index (χ0) is 17.4. The van der Waals surface area contributed by atoms with Gasteiger partial charge in [0.1, 0.15) is 5.58 Å². The number of hydrogen-bond acceptors (Lipinski definition) is 5. The number of amides is 1. The smallest absolute Gasteiger partial charge is 0.337 e. The summed E-state index contributed by atoms with van der Waals surface area (Å²) in [6, 6.07) is 13.1. The molecule has 1 aliphatic heterocycles. The Morgan fingerprint density at radius 3 is 2.96 bits per heavy atom. The van der Waals surface area contributed by atoms with Crippen LogP contribution in [0.15, 0.2) is 58.0 Å². The number of benzene rings is 2. The third-order valence-corrected chi connectivity index (χ3v) is 5.23. The van der Waals surface area contributed by atoms with E-state index in [0.717, 1.165) is 27.1 Å². The Morgan fingerprint density at radius 2 is 2.12 bits per heavy atom. The Balaban J connectivity index is 1.71. The topological polar surface area (TPSA) is 59.8 Å². The third-order valence-electron chi connectivity index (χ3n) is 4.18. The van der Waals surface area contributed by atoms with E-state index in [0.29, 0.717) is 17.9 Å². The molecule has 3 aromatic rings. The SMILES string of the molecule is COC(=O)c1ccc2c(c1)N(Cc1ccc3occc3c1)C(=O)CS2. The van der Waals surface area contributed by atoms with Crippen molar-refractivity contribution in [3.63, 3.8) is 0 Å². The van der Waals surface area contributed by atoms with Crippen molar-refractivity contribution in [3.05, 3.63) is 59.9 Å². The van der Waals surface area contributed by atoms with E-state index in [1.165, 1.54) is 18.9 Å². The quantitative estimate of drug-likeness (QED) is 0.669. The molecule has 0 saturated heterocycles. The lowest BCUT2D eigenvalue weighted by atomic mass is 10.1. The first-order valence-corrected chi connectivity index (χ1v) is 8.76. The third kappa shape index (κ3) is 2.89. The summed E-state index contributed by atoms with van der Waals surface area (Å²) < 4.78 is 10.1. The number of thioether (sulfide) groups is 1. The van der Waals surface area contributed by atoms with Crippen LogP contribution in [0.3, 0.4) is 0 Å². The van der Waals surface area contributed by atoms with Crippen LogP contribution in [0.4, 0.5) is 5.69 Å². The van der Waals surface area contributed by atoms with Crippen LogP contribution < -0.4 is 4.90 Å². The number of rotatable bonds is 3. The van der Waals surface area contributed by atoms with Crippen molar-refractivity contribution in [3.8, 4) is 0 Å². The molecule has 1 amide bonds. The van der Waals surface area contributed by atoms with Gasteiger partial charge in [-0.3, -0.25) is 4.79 Å². The molecule has 0 N–H and O–H groups in total. The zero-order valence-electron chi connectivity index (χ0n) is 13.5. The van der Waals surface area contributed by atoms with Gasteiger partial charge in [-0.05, 0) is 42.0 Å². The number of carbonyl (C=O) groups is 2. The fourth-order valence-electron chi connectivity index (χ4n) is 2.92. The van der Waals surface area contributed by atoms with E-state index in [-0.39, 0.29) is 5.91 Å². The summed E-state index contributed by atoms with van der Waals surface area (Å²) in [6.07, 6.45) is 1.65. The monoisotopic (exact) mass is 353 g/mol. The minimum absolute atomic E-state index is 0.0202. The van der Waals surface area contributed by atoms with Gasteiger partial charge in [0.05, 0.1) is 36.9 Å². The normalized spacial score (nSPS) is 13.8. The van der Waals surface area contributed by atoms with Gasteiger partial charge in [0.15, 0.2) is 0 Å². The van der Waals surface area contributed by atoms with Gasteiger partial charge in [-0.15, -0.1) is 11.8 Å². The molecule has 0 atom stereocenters. The van der Waals surface area contributed by atoms with Gasteiger partial charge in [-0.25, -0.2) is 4.79 Å². The van der Waals surface area contributed by atoms with Crippen LogP contribution in [0.2, 0.25) is 0 Å². The van der Waals surface area contributed by atoms with Gasteiger partial charge in [0.25, 0.3) is 0 Å². The molecule has 0 bridgehead atoms. The minimum atomic E-state index is -0.411. The minimum Gasteiger partial charge on any atom is -0.465 e. The maximum Gasteiger partial charge on any atom is 0.337 e. The predicted octanol–water partition coefficient (Wildman–Crippen LogP) is 3.86. The Hall–Kier alpha value is -2.73. The Kier molecular flexibility index (Phi) is 3.97. The molecule has 6 heteroatoms. The van der Waals surface area contributed by atoms with Crippen LogP contribution in [0, 0.1) is 0 Å². The molecule has 5 nitrogen and oxygen atoms in total. The van der Waals surface area contributed by atoms with E-state index in [1.54, 1.807) is 23.3 Å². The van der Waals surface area contributed by atoms with E-state index in [4.69, 9.17) is 9.15 Å². The standard InChI is InChI=1S/C19H15NO4S/c1-23-19(22)14-3-5-17-15(9-14)20(18(21)11-25-17)10-12-2-4-16-13(8-12)6-7-24-16/h2-9H,10-11H2,1H3. The molecule has 4 rings (SSSR count). The first-order chi connectivity index (χ1) is 12.2. The molecule has 2 aromatic carbocycles. The Morgan fingerprint density at radius 1 is 1.24 bits per heavy atom. The summed E-state index contributed by atoms with van der Waals surface area (Å²) in [5.41, 5.74) is 3.00. The molecular weight excluding hydrogens is 338 g/mol. The van der Waals surface area contributed by atoms with Crippen LogP contribution in [-0.2, 0) is 16.1 Å². The number of hydrogen-bond donors (Lipinski definition) is 0. The number of furan rings is 1. The summed E-state index contributed by atoms with van der Waals surface area (Å²) in [5, 5.41) is 1.000. The number of methoxy groups -OCH3 is 1. The summed E-state index contributed by atoms with van der Waals surface area (Å²) in [4.78, 5) is 27.0. The van der Waals surface area contributed by atoms with E-state index in [1.807, 2.05) is 30.3 Å². The molecule has 25 heavy (non-hydrogen) atoms. The fourth-order valence-corrected chi connectivity index (χ4v) is 3.83. The number of nitrogens with zero attached hydrogens (tertiary/aromatic N) is 1. The van der Waals surface area contributed by atoms with Gasteiger partial charge in [0, 0.05) is 10.3 Å². The van der Waals surface area contributed by atoms with E-state index < -0.39 is 5.97 Å². The molecule has 0 fully saturated rings. The summed E-state index contributed by atoms with van der Waals surface area (Å²) >= 11 is 1.48. The number of ether oxygens (including phenoxy) is 1. The molecule has 0 aliphatic carbocycles. The lowest BCUT2D eigenvalue weighted by Gasteiger charge is -2.29. The Bertz CT molecular complexity index is 978. The predicted molar refractivity (Wildman–Crippen MR) is 95.9 cm³/mol. The van der Waals surface area contributed by atoms with Crippen LogP contribution in [0.5, 0.6) is 0 Å². The molecule has 1 aromatic heterocycles. The second-order valence-corrected chi connectivity index (χ2v) is 6.75. The molecule has 1 aliphatic rings.